The molecule has 0 aliphatic rings. The van der Waals surface area contributed by atoms with Crippen molar-refractivity contribution in [1.29, 1.82) is 0 Å². The summed E-state index contributed by atoms with van der Waals surface area (Å²) in [6.45, 7) is 12.1. The molecule has 0 fully saturated rings. The minimum Gasteiger partial charge on any atom is -0.493 e. The zero-order valence-corrected chi connectivity index (χ0v) is 14.0. The van der Waals surface area contributed by atoms with Gasteiger partial charge >= 0.3 is 0 Å². The highest BCUT2D eigenvalue weighted by atomic mass is 16.5. The van der Waals surface area contributed by atoms with Crippen molar-refractivity contribution in [2.45, 2.75) is 66.7 Å². The molecule has 1 heteroatoms. The van der Waals surface area contributed by atoms with E-state index in [-0.39, 0.29) is 0 Å². The minimum atomic E-state index is 0.744. The van der Waals surface area contributed by atoms with Crippen molar-refractivity contribution in [1.82, 2.24) is 0 Å². The van der Waals surface area contributed by atoms with Crippen LogP contribution in [-0.4, -0.2) is 6.61 Å². The molecule has 114 valence electrons. The molecule has 0 N–H and O–H groups in total. The Labute approximate surface area is 125 Å². The molecule has 1 rings (SSSR count). The maximum atomic E-state index is 5.90. The highest BCUT2D eigenvalue weighted by Crippen LogP contribution is 2.24. The zero-order valence-electron chi connectivity index (χ0n) is 14.0. The zero-order chi connectivity index (χ0) is 15.0. The van der Waals surface area contributed by atoms with Crippen LogP contribution in [0.5, 0.6) is 5.75 Å². The number of rotatable bonds is 9. The SMILES string of the molecule is CCCOc1ccc(CCC(C)C)cc1CCC(C)C. The lowest BCUT2D eigenvalue weighted by Gasteiger charge is -2.14. The van der Waals surface area contributed by atoms with E-state index in [1.807, 2.05) is 0 Å². The Morgan fingerprint density at radius 1 is 0.950 bits per heavy atom. The predicted molar refractivity (Wildman–Crippen MR) is 88.5 cm³/mol. The average molecular weight is 276 g/mol. The van der Waals surface area contributed by atoms with E-state index >= 15 is 0 Å². The quantitative estimate of drug-likeness (QED) is 0.566. The van der Waals surface area contributed by atoms with Crippen LogP contribution in [0.25, 0.3) is 0 Å². The summed E-state index contributed by atoms with van der Waals surface area (Å²) in [5, 5.41) is 0. The van der Waals surface area contributed by atoms with Gasteiger partial charge in [0, 0.05) is 0 Å². The molecule has 0 amide bonds. The first kappa shape index (κ1) is 17.1. The van der Waals surface area contributed by atoms with Gasteiger partial charge in [-0.15, -0.1) is 0 Å². The van der Waals surface area contributed by atoms with Crippen LogP contribution in [0.1, 0.15) is 65.0 Å². The fraction of sp³-hybridized carbons (Fsp3) is 0.684. The van der Waals surface area contributed by atoms with Gasteiger partial charge in [-0.25, -0.2) is 0 Å². The molecule has 0 aliphatic heterocycles. The molecule has 1 aromatic carbocycles. The van der Waals surface area contributed by atoms with Gasteiger partial charge in [0.05, 0.1) is 6.61 Å². The largest absolute Gasteiger partial charge is 0.493 e. The third-order valence-electron chi connectivity index (χ3n) is 3.59. The van der Waals surface area contributed by atoms with Crippen molar-refractivity contribution in [3.63, 3.8) is 0 Å². The van der Waals surface area contributed by atoms with E-state index in [1.54, 1.807) is 0 Å². The molecule has 20 heavy (non-hydrogen) atoms. The second-order valence-electron chi connectivity index (χ2n) is 6.66. The third kappa shape index (κ3) is 6.45. The van der Waals surface area contributed by atoms with E-state index in [0.29, 0.717) is 0 Å². The van der Waals surface area contributed by atoms with E-state index in [2.05, 4.69) is 52.8 Å². The standard InChI is InChI=1S/C19H32O/c1-6-13-20-19-12-10-17(9-7-15(2)3)14-18(19)11-8-16(4)5/h10,12,14-16H,6-9,11,13H2,1-5H3. The van der Waals surface area contributed by atoms with Crippen LogP contribution in [0, 0.1) is 11.8 Å². The van der Waals surface area contributed by atoms with Crippen molar-refractivity contribution >= 4 is 0 Å². The van der Waals surface area contributed by atoms with Crippen LogP contribution in [0.4, 0.5) is 0 Å². The molecule has 0 spiro atoms. The summed E-state index contributed by atoms with van der Waals surface area (Å²) >= 11 is 0. The number of hydrogen-bond donors (Lipinski definition) is 0. The molecular formula is C19H32O. The van der Waals surface area contributed by atoms with E-state index in [4.69, 9.17) is 4.74 Å². The van der Waals surface area contributed by atoms with Gasteiger partial charge in [-0.05, 0) is 61.1 Å². The summed E-state index contributed by atoms with van der Waals surface area (Å²) in [5.41, 5.74) is 2.86. The van der Waals surface area contributed by atoms with E-state index in [0.717, 1.165) is 37.0 Å². The molecular weight excluding hydrogens is 244 g/mol. The van der Waals surface area contributed by atoms with Crippen molar-refractivity contribution in [3.8, 4) is 5.75 Å². The predicted octanol–water partition coefficient (Wildman–Crippen LogP) is 5.65. The highest BCUT2D eigenvalue weighted by Gasteiger charge is 2.07. The molecule has 0 radical (unpaired) electrons. The minimum absolute atomic E-state index is 0.744. The molecule has 0 aromatic heterocycles. The smallest absolute Gasteiger partial charge is 0.122 e. The second kappa shape index (κ2) is 9.05. The molecule has 1 nitrogen and oxygen atoms in total. The van der Waals surface area contributed by atoms with Crippen LogP contribution >= 0.6 is 0 Å². The molecule has 1 aromatic rings. The summed E-state index contributed by atoms with van der Waals surface area (Å²) < 4.78 is 5.90. The third-order valence-corrected chi connectivity index (χ3v) is 3.59. The van der Waals surface area contributed by atoms with Gasteiger partial charge in [-0.2, -0.15) is 0 Å². The molecule has 0 bridgehead atoms. The Balaban J connectivity index is 2.77. The second-order valence-corrected chi connectivity index (χ2v) is 6.66. The highest BCUT2D eigenvalue weighted by molar-refractivity contribution is 5.37. The van der Waals surface area contributed by atoms with Gasteiger partial charge in [-0.1, -0.05) is 46.8 Å². The number of benzene rings is 1. The summed E-state index contributed by atoms with van der Waals surface area (Å²) in [6, 6.07) is 6.79. The number of aryl methyl sites for hydroxylation is 2. The average Bonchev–Trinajstić information content (AvgIpc) is 2.41. The maximum absolute atomic E-state index is 5.90. The first-order valence-corrected chi connectivity index (χ1v) is 8.27. The number of ether oxygens (including phenoxy) is 1. The lowest BCUT2D eigenvalue weighted by molar-refractivity contribution is 0.313. The fourth-order valence-corrected chi connectivity index (χ4v) is 2.24. The summed E-state index contributed by atoms with van der Waals surface area (Å²) in [4.78, 5) is 0. The monoisotopic (exact) mass is 276 g/mol. The Morgan fingerprint density at radius 2 is 1.60 bits per heavy atom. The maximum Gasteiger partial charge on any atom is 0.122 e. The summed E-state index contributed by atoms with van der Waals surface area (Å²) in [7, 11) is 0. The van der Waals surface area contributed by atoms with E-state index in [1.165, 1.54) is 30.4 Å². The topological polar surface area (TPSA) is 9.23 Å². The Kier molecular flexibility index (Phi) is 7.72. The van der Waals surface area contributed by atoms with Gasteiger partial charge in [0.1, 0.15) is 5.75 Å². The molecule has 0 aliphatic carbocycles. The van der Waals surface area contributed by atoms with Crippen LogP contribution in [0.2, 0.25) is 0 Å². The summed E-state index contributed by atoms with van der Waals surface area (Å²) in [5.74, 6) is 2.61. The lowest BCUT2D eigenvalue weighted by Crippen LogP contribution is -2.02. The molecule has 0 saturated carbocycles. The molecule has 0 unspecified atom stereocenters. The van der Waals surface area contributed by atoms with Crippen LogP contribution < -0.4 is 4.74 Å². The van der Waals surface area contributed by atoms with Crippen molar-refractivity contribution in [2.75, 3.05) is 6.61 Å². The molecule has 0 saturated heterocycles. The fourth-order valence-electron chi connectivity index (χ4n) is 2.24. The van der Waals surface area contributed by atoms with Crippen molar-refractivity contribution in [2.24, 2.45) is 11.8 Å². The normalized spacial score (nSPS) is 11.3. The van der Waals surface area contributed by atoms with E-state index < -0.39 is 0 Å². The lowest BCUT2D eigenvalue weighted by atomic mass is 9.97. The van der Waals surface area contributed by atoms with E-state index in [9.17, 15) is 0 Å². The Bertz CT molecular complexity index is 379. The van der Waals surface area contributed by atoms with Crippen molar-refractivity contribution in [3.05, 3.63) is 29.3 Å². The molecule has 0 heterocycles. The van der Waals surface area contributed by atoms with Crippen LogP contribution in [0.3, 0.4) is 0 Å². The van der Waals surface area contributed by atoms with Gasteiger partial charge in [0.15, 0.2) is 0 Å². The van der Waals surface area contributed by atoms with Gasteiger partial charge in [0.25, 0.3) is 0 Å². The number of hydrogen-bond acceptors (Lipinski definition) is 1. The van der Waals surface area contributed by atoms with Crippen LogP contribution in [-0.2, 0) is 12.8 Å². The Hall–Kier alpha value is -0.980. The van der Waals surface area contributed by atoms with Crippen molar-refractivity contribution < 1.29 is 4.74 Å². The van der Waals surface area contributed by atoms with Crippen LogP contribution in [0.15, 0.2) is 18.2 Å². The van der Waals surface area contributed by atoms with Gasteiger partial charge < -0.3 is 4.74 Å². The first-order chi connectivity index (χ1) is 9.52. The van der Waals surface area contributed by atoms with Gasteiger partial charge in [-0.3, -0.25) is 0 Å². The first-order valence-electron chi connectivity index (χ1n) is 8.27. The Morgan fingerprint density at radius 3 is 2.20 bits per heavy atom. The van der Waals surface area contributed by atoms with Gasteiger partial charge in [0.2, 0.25) is 0 Å². The molecule has 0 atom stereocenters. The summed E-state index contributed by atoms with van der Waals surface area (Å²) in [6.07, 6.45) is 5.88.